The second-order valence-corrected chi connectivity index (χ2v) is 8.52. The van der Waals surface area contributed by atoms with Crippen LogP contribution in [0.1, 0.15) is 29.0 Å². The molecule has 4 rings (SSSR count). The van der Waals surface area contributed by atoms with E-state index < -0.39 is 5.92 Å². The van der Waals surface area contributed by atoms with Crippen LogP contribution in [-0.2, 0) is 17.6 Å². The highest BCUT2D eigenvalue weighted by atomic mass is 32.2. The van der Waals surface area contributed by atoms with E-state index in [1.807, 2.05) is 49.5 Å². The third kappa shape index (κ3) is 4.66. The molecule has 1 atom stereocenters. The van der Waals surface area contributed by atoms with E-state index in [-0.39, 0.29) is 24.5 Å². The number of ether oxygens (including phenoxy) is 2. The first-order chi connectivity index (χ1) is 16.0. The number of thioether (sulfide) groups is 1. The van der Waals surface area contributed by atoms with Crippen LogP contribution in [0, 0.1) is 0 Å². The molecule has 1 N–H and O–H groups in total. The van der Waals surface area contributed by atoms with Gasteiger partial charge in [0.2, 0.25) is 5.91 Å². The molecule has 2 aromatic carbocycles. The summed E-state index contributed by atoms with van der Waals surface area (Å²) in [6, 6.07) is 15.4. The molecule has 0 saturated carbocycles. The lowest BCUT2D eigenvalue weighted by molar-refractivity contribution is -0.116. The van der Waals surface area contributed by atoms with Gasteiger partial charge in [-0.2, -0.15) is 4.98 Å². The number of rotatable bonds is 8. The van der Waals surface area contributed by atoms with Gasteiger partial charge in [-0.3, -0.25) is 9.59 Å². The zero-order chi connectivity index (χ0) is 23.4. The molecule has 0 bridgehead atoms. The van der Waals surface area contributed by atoms with E-state index in [4.69, 9.17) is 9.47 Å². The molecule has 1 aliphatic rings. The molecule has 3 aromatic rings. The molecule has 2 heterocycles. The van der Waals surface area contributed by atoms with Crippen molar-refractivity contribution in [3.05, 3.63) is 88.2 Å². The van der Waals surface area contributed by atoms with Crippen molar-refractivity contribution >= 4 is 23.5 Å². The summed E-state index contributed by atoms with van der Waals surface area (Å²) in [5.41, 5.74) is 1.91. The minimum absolute atomic E-state index is 0.109. The van der Waals surface area contributed by atoms with Crippen LogP contribution in [0.15, 0.2) is 71.1 Å². The molecule has 7 nitrogen and oxygen atoms in total. The number of carbonyl (C=O) groups excluding carboxylic acids is 1. The van der Waals surface area contributed by atoms with Crippen LogP contribution >= 0.6 is 11.8 Å². The van der Waals surface area contributed by atoms with Gasteiger partial charge in [0.15, 0.2) is 16.7 Å². The predicted octanol–water partition coefficient (Wildman–Crippen LogP) is 4.12. The highest BCUT2D eigenvalue weighted by Crippen LogP contribution is 2.43. The lowest BCUT2D eigenvalue weighted by Gasteiger charge is -2.29. The maximum Gasteiger partial charge on any atom is 0.279 e. The summed E-state index contributed by atoms with van der Waals surface area (Å²) in [6.07, 6.45) is 1.74. The number of nitrogens with one attached hydrogen (secondary N) is 1. The third-order valence-electron chi connectivity index (χ3n) is 5.46. The van der Waals surface area contributed by atoms with E-state index in [0.29, 0.717) is 39.4 Å². The van der Waals surface area contributed by atoms with Crippen molar-refractivity contribution in [2.75, 3.05) is 19.0 Å². The number of nitrogens with zero attached hydrogens (tertiary/aromatic N) is 2. The van der Waals surface area contributed by atoms with Gasteiger partial charge in [0.25, 0.3) is 5.56 Å². The SMILES string of the molecule is C=CCOc1c(OC)cccc1[C@@H]1CC(=O)Nc2c1c(=O)nc(SCc1ccccc1)n2C. The molecule has 0 unspecified atom stereocenters. The Bertz CT molecular complexity index is 1240. The number of benzene rings is 2. The first-order valence-corrected chi connectivity index (χ1v) is 11.5. The van der Waals surface area contributed by atoms with Crippen LogP contribution in [0.25, 0.3) is 0 Å². The fourth-order valence-electron chi connectivity index (χ4n) is 3.92. The Kier molecular flexibility index (Phi) is 6.84. The van der Waals surface area contributed by atoms with Crippen LogP contribution in [0.2, 0.25) is 0 Å². The number of para-hydroxylation sites is 1. The summed E-state index contributed by atoms with van der Waals surface area (Å²) >= 11 is 1.45. The molecule has 0 fully saturated rings. The Balaban J connectivity index is 1.77. The maximum absolute atomic E-state index is 13.2. The predicted molar refractivity (Wildman–Crippen MR) is 129 cm³/mol. The lowest BCUT2D eigenvalue weighted by Crippen LogP contribution is -2.33. The molecule has 8 heteroatoms. The van der Waals surface area contributed by atoms with E-state index in [2.05, 4.69) is 16.9 Å². The number of anilines is 1. The number of fused-ring (bicyclic) bond motifs is 1. The van der Waals surface area contributed by atoms with Gasteiger partial charge in [-0.05, 0) is 11.6 Å². The minimum atomic E-state index is -0.511. The van der Waals surface area contributed by atoms with Crippen molar-refractivity contribution in [2.24, 2.45) is 7.05 Å². The molecule has 0 spiro atoms. The molecule has 0 saturated heterocycles. The molecule has 170 valence electrons. The summed E-state index contributed by atoms with van der Waals surface area (Å²) in [4.78, 5) is 30.3. The highest BCUT2D eigenvalue weighted by molar-refractivity contribution is 7.98. The normalized spacial score (nSPS) is 14.8. The van der Waals surface area contributed by atoms with Crippen LogP contribution in [0.5, 0.6) is 11.5 Å². The smallest absolute Gasteiger partial charge is 0.279 e. The van der Waals surface area contributed by atoms with Gasteiger partial charge in [0.05, 0.1) is 12.7 Å². The molecule has 1 amide bonds. The average molecular weight is 464 g/mol. The fourth-order valence-corrected chi connectivity index (χ4v) is 4.84. The Morgan fingerprint density at radius 2 is 2.00 bits per heavy atom. The summed E-state index contributed by atoms with van der Waals surface area (Å²) in [5, 5.41) is 3.42. The number of amides is 1. The number of aromatic nitrogens is 2. The molecule has 0 aliphatic carbocycles. The van der Waals surface area contributed by atoms with Gasteiger partial charge in [-0.1, -0.05) is 66.9 Å². The Morgan fingerprint density at radius 1 is 1.21 bits per heavy atom. The van der Waals surface area contributed by atoms with Crippen LogP contribution < -0.4 is 20.3 Å². The van der Waals surface area contributed by atoms with Crippen LogP contribution in [-0.4, -0.2) is 29.2 Å². The molecular weight excluding hydrogens is 438 g/mol. The van der Waals surface area contributed by atoms with Gasteiger partial charge < -0.3 is 19.4 Å². The van der Waals surface area contributed by atoms with E-state index in [0.717, 1.165) is 5.56 Å². The van der Waals surface area contributed by atoms with E-state index >= 15 is 0 Å². The van der Waals surface area contributed by atoms with Crippen molar-refractivity contribution in [3.8, 4) is 11.5 Å². The summed E-state index contributed by atoms with van der Waals surface area (Å²) in [6.45, 7) is 3.97. The zero-order valence-corrected chi connectivity index (χ0v) is 19.4. The van der Waals surface area contributed by atoms with Crippen LogP contribution in [0.3, 0.4) is 0 Å². The van der Waals surface area contributed by atoms with Gasteiger partial charge in [-0.25, -0.2) is 0 Å². The van der Waals surface area contributed by atoms with Crippen molar-refractivity contribution in [1.29, 1.82) is 0 Å². The molecule has 0 radical (unpaired) electrons. The Hall–Kier alpha value is -3.52. The van der Waals surface area contributed by atoms with E-state index in [1.54, 1.807) is 23.8 Å². The lowest BCUT2D eigenvalue weighted by atomic mass is 9.86. The summed E-state index contributed by atoms with van der Waals surface area (Å²) in [7, 11) is 3.36. The highest BCUT2D eigenvalue weighted by Gasteiger charge is 2.34. The first kappa shape index (κ1) is 22.7. The molecule has 1 aliphatic heterocycles. The number of carbonyl (C=O) groups is 1. The Labute approximate surface area is 196 Å². The van der Waals surface area contributed by atoms with Crippen LogP contribution in [0.4, 0.5) is 5.82 Å². The minimum Gasteiger partial charge on any atom is -0.493 e. The van der Waals surface area contributed by atoms with Crippen molar-refractivity contribution < 1.29 is 14.3 Å². The summed E-state index contributed by atoms with van der Waals surface area (Å²) in [5.74, 6) is 1.46. The number of hydrogen-bond acceptors (Lipinski definition) is 6. The fraction of sp³-hybridized carbons (Fsp3) is 0.240. The van der Waals surface area contributed by atoms with Crippen molar-refractivity contribution in [2.45, 2.75) is 23.2 Å². The molecule has 33 heavy (non-hydrogen) atoms. The van der Waals surface area contributed by atoms with Gasteiger partial charge >= 0.3 is 0 Å². The van der Waals surface area contributed by atoms with E-state index in [9.17, 15) is 9.59 Å². The second kappa shape index (κ2) is 9.95. The standard InChI is InChI=1S/C25H25N3O4S/c1-4-13-32-22-17(11-8-12-19(22)31-3)18-14-20(29)26-23-21(18)24(30)27-25(28(23)2)33-15-16-9-6-5-7-10-16/h4-12,18H,1,13-15H2,2-3H3,(H,26,29)/t18-/m0/s1. The van der Waals surface area contributed by atoms with E-state index in [1.165, 1.54) is 11.8 Å². The Morgan fingerprint density at radius 3 is 2.73 bits per heavy atom. The quantitative estimate of drug-likeness (QED) is 0.307. The van der Waals surface area contributed by atoms with Gasteiger partial charge in [0.1, 0.15) is 12.4 Å². The average Bonchev–Trinajstić information content (AvgIpc) is 2.83. The largest absolute Gasteiger partial charge is 0.493 e. The topological polar surface area (TPSA) is 82.4 Å². The van der Waals surface area contributed by atoms with Crippen molar-refractivity contribution in [3.63, 3.8) is 0 Å². The number of hydrogen-bond donors (Lipinski definition) is 1. The second-order valence-electron chi connectivity index (χ2n) is 7.58. The molecular formula is C25H25N3O4S. The molecule has 1 aromatic heterocycles. The zero-order valence-electron chi connectivity index (χ0n) is 18.5. The maximum atomic E-state index is 13.2. The van der Waals surface area contributed by atoms with Gasteiger partial charge in [-0.15, -0.1) is 0 Å². The third-order valence-corrected chi connectivity index (χ3v) is 6.56. The first-order valence-electron chi connectivity index (χ1n) is 10.5. The van der Waals surface area contributed by atoms with Crippen molar-refractivity contribution in [1.82, 2.24) is 9.55 Å². The summed E-state index contributed by atoms with van der Waals surface area (Å²) < 4.78 is 13.1. The number of methoxy groups -OCH3 is 1. The van der Waals surface area contributed by atoms with Gasteiger partial charge in [0, 0.05) is 30.7 Å². The monoisotopic (exact) mass is 463 g/mol.